The highest BCUT2D eigenvalue weighted by Gasteiger charge is 2.19. The lowest BCUT2D eigenvalue weighted by molar-refractivity contribution is 0.819. The number of thioether (sulfide) groups is 2. The summed E-state index contributed by atoms with van der Waals surface area (Å²) in [5, 5.41) is 12.0. The topological polar surface area (TPSA) is 48.8 Å². The molecule has 2 heterocycles. The van der Waals surface area contributed by atoms with Gasteiger partial charge in [-0.3, -0.25) is 9.98 Å². The van der Waals surface area contributed by atoms with Gasteiger partial charge in [0.05, 0.1) is 13.1 Å². The molecule has 2 aliphatic heterocycles. The first-order chi connectivity index (χ1) is 8.81. The highest BCUT2D eigenvalue weighted by atomic mass is 79.9. The van der Waals surface area contributed by atoms with Crippen molar-refractivity contribution in [1.29, 1.82) is 0 Å². The molecule has 2 atom stereocenters. The van der Waals surface area contributed by atoms with Gasteiger partial charge in [0.15, 0.2) is 10.3 Å². The molecule has 0 aromatic heterocycles. The molecule has 102 valence electrons. The lowest BCUT2D eigenvalue weighted by atomic mass is 10.5. The predicted molar refractivity (Wildman–Crippen MR) is 91.0 cm³/mol. The number of hydrogen-bond donors (Lipinski definition) is 2. The number of hydrogen-bond acceptors (Lipinski definition) is 6. The lowest BCUT2D eigenvalue weighted by Crippen LogP contribution is -2.32. The number of rotatable bonds is 5. The molecule has 0 fully saturated rings. The van der Waals surface area contributed by atoms with Gasteiger partial charge in [0, 0.05) is 34.2 Å². The van der Waals surface area contributed by atoms with Gasteiger partial charge in [0.25, 0.3) is 0 Å². The Hall–Kier alpha value is 0.600. The minimum absolute atomic E-state index is 0.593. The predicted octanol–water partition coefficient (Wildman–Crippen LogP) is 1.90. The van der Waals surface area contributed by atoms with E-state index < -0.39 is 0 Å². The van der Waals surface area contributed by atoms with Gasteiger partial charge in [-0.2, -0.15) is 0 Å². The molecule has 2 N–H and O–H groups in total. The van der Waals surface area contributed by atoms with E-state index in [-0.39, 0.29) is 0 Å². The van der Waals surface area contributed by atoms with Gasteiger partial charge in [0.2, 0.25) is 0 Å². The molecule has 4 nitrogen and oxygen atoms in total. The second kappa shape index (κ2) is 8.01. The van der Waals surface area contributed by atoms with Crippen LogP contribution in [0.2, 0.25) is 0 Å². The SMILES string of the molecule is BrC[C@@H]1CN=C(NCCNC2=NC[C@@H](CBr)S2)S1. The summed E-state index contributed by atoms with van der Waals surface area (Å²) in [4.78, 5) is 8.90. The molecule has 0 saturated heterocycles. The van der Waals surface area contributed by atoms with E-state index >= 15 is 0 Å². The Morgan fingerprint density at radius 3 is 1.72 bits per heavy atom. The summed E-state index contributed by atoms with van der Waals surface area (Å²) in [7, 11) is 0. The summed E-state index contributed by atoms with van der Waals surface area (Å²) in [6.07, 6.45) is 0. The summed E-state index contributed by atoms with van der Waals surface area (Å²) < 4.78 is 0. The third-order valence-corrected chi connectivity index (χ3v) is 7.17. The Balaban J connectivity index is 1.55. The number of amidine groups is 2. The Kier molecular flexibility index (Phi) is 6.68. The summed E-state index contributed by atoms with van der Waals surface area (Å²) in [5.74, 6) is 0. The van der Waals surface area contributed by atoms with Crippen LogP contribution < -0.4 is 10.6 Å². The van der Waals surface area contributed by atoms with Crippen LogP contribution in [0.3, 0.4) is 0 Å². The quantitative estimate of drug-likeness (QED) is 0.531. The molecular formula is C10H16Br2N4S2. The van der Waals surface area contributed by atoms with Crippen molar-refractivity contribution in [1.82, 2.24) is 10.6 Å². The Bertz CT molecular complexity index is 306. The second-order valence-electron chi connectivity index (χ2n) is 3.93. The van der Waals surface area contributed by atoms with Crippen LogP contribution in [0.5, 0.6) is 0 Å². The van der Waals surface area contributed by atoms with Crippen LogP contribution in [0.15, 0.2) is 9.98 Å². The van der Waals surface area contributed by atoms with Crippen molar-refractivity contribution in [3.8, 4) is 0 Å². The van der Waals surface area contributed by atoms with Gasteiger partial charge in [-0.05, 0) is 0 Å². The molecule has 0 bridgehead atoms. The van der Waals surface area contributed by atoms with Gasteiger partial charge < -0.3 is 10.6 Å². The first-order valence-electron chi connectivity index (χ1n) is 5.83. The maximum Gasteiger partial charge on any atom is 0.157 e. The lowest BCUT2D eigenvalue weighted by Gasteiger charge is -2.09. The standard InChI is InChI=1S/C10H16Br2N4S2/c11-3-7-5-15-9(17-7)13-1-2-14-10-16-6-8(4-12)18-10/h7-8H,1-6H2,(H,13,15)(H,14,16)/t7-,8-/m1/s1. The molecule has 0 radical (unpaired) electrons. The van der Waals surface area contributed by atoms with Crippen molar-refractivity contribution < 1.29 is 0 Å². The Morgan fingerprint density at radius 1 is 0.944 bits per heavy atom. The van der Waals surface area contributed by atoms with Gasteiger partial charge in [0.1, 0.15) is 0 Å². The zero-order valence-electron chi connectivity index (χ0n) is 9.86. The van der Waals surface area contributed by atoms with E-state index in [1.54, 1.807) is 0 Å². The fourth-order valence-electron chi connectivity index (χ4n) is 1.53. The second-order valence-corrected chi connectivity index (χ2v) is 7.81. The van der Waals surface area contributed by atoms with E-state index in [0.29, 0.717) is 10.5 Å². The van der Waals surface area contributed by atoms with Crippen molar-refractivity contribution in [3.63, 3.8) is 0 Å². The number of nitrogens with zero attached hydrogens (tertiary/aromatic N) is 2. The first-order valence-corrected chi connectivity index (χ1v) is 9.84. The molecule has 2 rings (SSSR count). The smallest absolute Gasteiger partial charge is 0.157 e. The van der Waals surface area contributed by atoms with Crippen molar-refractivity contribution >= 4 is 65.7 Å². The van der Waals surface area contributed by atoms with Crippen LogP contribution in [0, 0.1) is 0 Å². The van der Waals surface area contributed by atoms with E-state index in [4.69, 9.17) is 0 Å². The minimum Gasteiger partial charge on any atom is -0.363 e. The number of aliphatic imine (C=N–C) groups is 2. The molecule has 0 amide bonds. The summed E-state index contributed by atoms with van der Waals surface area (Å²) in [6, 6.07) is 0. The zero-order valence-corrected chi connectivity index (χ0v) is 14.7. The maximum absolute atomic E-state index is 4.45. The highest BCUT2D eigenvalue weighted by molar-refractivity contribution is 9.09. The van der Waals surface area contributed by atoms with E-state index in [9.17, 15) is 0 Å². The average molecular weight is 416 g/mol. The van der Waals surface area contributed by atoms with Crippen molar-refractivity contribution in [2.45, 2.75) is 10.5 Å². The number of alkyl halides is 2. The Morgan fingerprint density at radius 2 is 1.39 bits per heavy atom. The monoisotopic (exact) mass is 414 g/mol. The van der Waals surface area contributed by atoms with Gasteiger partial charge in [-0.15, -0.1) is 0 Å². The fourth-order valence-corrected chi connectivity index (χ4v) is 4.46. The molecule has 0 unspecified atom stereocenters. The largest absolute Gasteiger partial charge is 0.363 e. The third kappa shape index (κ3) is 4.61. The van der Waals surface area contributed by atoms with Gasteiger partial charge in [-0.25, -0.2) is 0 Å². The van der Waals surface area contributed by atoms with Crippen LogP contribution in [-0.2, 0) is 0 Å². The fraction of sp³-hybridized carbons (Fsp3) is 0.800. The summed E-state index contributed by atoms with van der Waals surface area (Å²) in [5.41, 5.74) is 0. The maximum atomic E-state index is 4.45. The minimum atomic E-state index is 0.593. The third-order valence-electron chi connectivity index (χ3n) is 2.46. The summed E-state index contributed by atoms with van der Waals surface area (Å²) >= 11 is 10.6. The molecule has 8 heteroatoms. The van der Waals surface area contributed by atoms with E-state index in [0.717, 1.165) is 47.2 Å². The first kappa shape index (κ1) is 15.0. The van der Waals surface area contributed by atoms with Gasteiger partial charge in [-0.1, -0.05) is 55.4 Å². The highest BCUT2D eigenvalue weighted by Crippen LogP contribution is 2.21. The van der Waals surface area contributed by atoms with Crippen LogP contribution in [0.4, 0.5) is 0 Å². The molecule has 0 aromatic rings. The number of halogens is 2. The van der Waals surface area contributed by atoms with Crippen LogP contribution >= 0.6 is 55.4 Å². The van der Waals surface area contributed by atoms with Crippen molar-refractivity contribution in [3.05, 3.63) is 0 Å². The van der Waals surface area contributed by atoms with Gasteiger partial charge >= 0.3 is 0 Å². The average Bonchev–Trinajstić information content (AvgIpc) is 3.03. The molecule has 0 saturated carbocycles. The molecule has 18 heavy (non-hydrogen) atoms. The Labute approximate surface area is 133 Å². The van der Waals surface area contributed by atoms with Crippen molar-refractivity contribution in [2.75, 3.05) is 36.8 Å². The van der Waals surface area contributed by atoms with Crippen LogP contribution in [0.25, 0.3) is 0 Å². The van der Waals surface area contributed by atoms with Crippen LogP contribution in [-0.4, -0.2) is 57.7 Å². The zero-order chi connectivity index (χ0) is 12.8. The van der Waals surface area contributed by atoms with Crippen molar-refractivity contribution in [2.24, 2.45) is 9.98 Å². The molecule has 0 aliphatic carbocycles. The molecule has 2 aliphatic rings. The van der Waals surface area contributed by atoms with E-state index in [2.05, 4.69) is 52.5 Å². The van der Waals surface area contributed by atoms with E-state index in [1.165, 1.54) is 0 Å². The normalized spacial score (nSPS) is 27.0. The molecule has 0 aromatic carbocycles. The molecule has 0 spiro atoms. The van der Waals surface area contributed by atoms with Crippen LogP contribution in [0.1, 0.15) is 0 Å². The summed E-state index contributed by atoms with van der Waals surface area (Å²) in [6.45, 7) is 3.61. The molecular weight excluding hydrogens is 400 g/mol. The van der Waals surface area contributed by atoms with E-state index in [1.807, 2.05) is 23.5 Å². The number of nitrogens with one attached hydrogen (secondary N) is 2.